The number of pyridine rings is 1. The Hall–Kier alpha value is -4.07. The number of anilines is 1. The second-order valence-electron chi connectivity index (χ2n) is 6.89. The summed E-state index contributed by atoms with van der Waals surface area (Å²) in [5.41, 5.74) is 7.05. The van der Waals surface area contributed by atoms with E-state index < -0.39 is 34.4 Å². The van der Waals surface area contributed by atoms with Gasteiger partial charge in [0.2, 0.25) is 0 Å². The third kappa shape index (κ3) is 2.57. The van der Waals surface area contributed by atoms with Crippen molar-refractivity contribution >= 4 is 39.6 Å². The van der Waals surface area contributed by atoms with Gasteiger partial charge in [-0.1, -0.05) is 18.2 Å². The van der Waals surface area contributed by atoms with Crippen LogP contribution in [0.5, 0.6) is 0 Å². The van der Waals surface area contributed by atoms with E-state index in [4.69, 9.17) is 5.73 Å². The third-order valence-corrected chi connectivity index (χ3v) is 5.18. The smallest absolute Gasteiger partial charge is 0.342 e. The van der Waals surface area contributed by atoms with Crippen molar-refractivity contribution < 1.29 is 19.8 Å². The summed E-state index contributed by atoms with van der Waals surface area (Å²) in [6.07, 6.45) is 0. The molecule has 8 heteroatoms. The van der Waals surface area contributed by atoms with Crippen LogP contribution in [0, 0.1) is 13.8 Å². The van der Waals surface area contributed by atoms with Gasteiger partial charge in [-0.05, 0) is 42.7 Å². The van der Waals surface area contributed by atoms with Crippen molar-refractivity contribution in [2.45, 2.75) is 13.8 Å². The van der Waals surface area contributed by atoms with Gasteiger partial charge in [-0.3, -0.25) is 4.79 Å². The summed E-state index contributed by atoms with van der Waals surface area (Å²) in [5, 5.41) is 21.1. The Bertz CT molecular complexity index is 1410. The van der Waals surface area contributed by atoms with E-state index in [1.54, 1.807) is 13.0 Å². The predicted molar refractivity (Wildman–Crippen MR) is 110 cm³/mol. The largest absolute Gasteiger partial charge is 0.478 e. The lowest BCUT2D eigenvalue weighted by atomic mass is 9.89. The molecule has 4 aromatic rings. The quantitative estimate of drug-likeness (QED) is 0.362. The number of aromatic amines is 2. The van der Waals surface area contributed by atoms with Crippen LogP contribution >= 0.6 is 0 Å². The molecular formula is C21H17N3O5. The number of para-hydroxylation sites is 1. The molecule has 0 saturated heterocycles. The SMILES string of the molecule is Cc1cc(-c2c(C(=O)O)c(N)[nH]c(=O)c2C(=O)O)c(C)c2c1[nH]c1ccccc12. The Morgan fingerprint density at radius 1 is 1.00 bits per heavy atom. The topological polar surface area (TPSA) is 149 Å². The number of aryl methyl sites for hydroxylation is 2. The van der Waals surface area contributed by atoms with Gasteiger partial charge in [0.05, 0.1) is 0 Å². The molecule has 0 aliphatic heterocycles. The molecule has 2 heterocycles. The lowest BCUT2D eigenvalue weighted by molar-refractivity contribution is 0.0695. The number of hydrogen-bond acceptors (Lipinski definition) is 4. The molecule has 0 amide bonds. The van der Waals surface area contributed by atoms with Gasteiger partial charge in [0, 0.05) is 27.4 Å². The van der Waals surface area contributed by atoms with Gasteiger partial charge in [0.25, 0.3) is 5.56 Å². The van der Waals surface area contributed by atoms with Gasteiger partial charge in [0.15, 0.2) is 0 Å². The van der Waals surface area contributed by atoms with E-state index in [0.717, 1.165) is 27.4 Å². The van der Waals surface area contributed by atoms with Crippen LogP contribution in [0.15, 0.2) is 35.1 Å². The number of rotatable bonds is 3. The Balaban J connectivity index is 2.26. The van der Waals surface area contributed by atoms with E-state index in [-0.39, 0.29) is 5.56 Å². The average Bonchev–Trinajstić information content (AvgIpc) is 3.03. The van der Waals surface area contributed by atoms with E-state index in [2.05, 4.69) is 9.97 Å². The number of hydrogen-bond donors (Lipinski definition) is 5. The van der Waals surface area contributed by atoms with Crippen molar-refractivity contribution in [3.8, 4) is 11.1 Å². The predicted octanol–water partition coefficient (Wildman–Crippen LogP) is 3.27. The highest BCUT2D eigenvalue weighted by Crippen LogP contribution is 2.39. The van der Waals surface area contributed by atoms with E-state index >= 15 is 0 Å². The zero-order valence-electron chi connectivity index (χ0n) is 15.6. The third-order valence-electron chi connectivity index (χ3n) is 5.18. The maximum Gasteiger partial charge on any atom is 0.342 e. The fourth-order valence-electron chi connectivity index (χ4n) is 3.93. The van der Waals surface area contributed by atoms with Crippen molar-refractivity contribution in [2.75, 3.05) is 5.73 Å². The number of nitrogen functional groups attached to an aromatic ring is 1. The van der Waals surface area contributed by atoms with E-state index in [0.29, 0.717) is 11.1 Å². The number of aromatic carboxylic acids is 2. The number of aromatic nitrogens is 2. The highest BCUT2D eigenvalue weighted by Gasteiger charge is 2.28. The highest BCUT2D eigenvalue weighted by atomic mass is 16.4. The summed E-state index contributed by atoms with van der Waals surface area (Å²) in [5.74, 6) is -3.34. The van der Waals surface area contributed by atoms with Gasteiger partial charge >= 0.3 is 11.9 Å². The summed E-state index contributed by atoms with van der Waals surface area (Å²) in [6.45, 7) is 3.60. The van der Waals surface area contributed by atoms with Crippen molar-refractivity contribution in [3.63, 3.8) is 0 Å². The number of H-pyrrole nitrogens is 2. The minimum atomic E-state index is -1.53. The number of nitrogens with one attached hydrogen (secondary N) is 2. The fraction of sp³-hybridized carbons (Fsp3) is 0.0952. The normalized spacial score (nSPS) is 11.2. The number of fused-ring (bicyclic) bond motifs is 3. The maximum atomic E-state index is 12.4. The minimum absolute atomic E-state index is 0.195. The number of nitrogens with two attached hydrogens (primary N) is 1. The summed E-state index contributed by atoms with van der Waals surface area (Å²) >= 11 is 0. The van der Waals surface area contributed by atoms with Crippen LogP contribution in [-0.2, 0) is 0 Å². The van der Waals surface area contributed by atoms with Crippen LogP contribution in [0.1, 0.15) is 31.8 Å². The van der Waals surface area contributed by atoms with E-state index in [1.165, 1.54) is 0 Å². The second kappa shape index (κ2) is 6.23. The van der Waals surface area contributed by atoms with Crippen molar-refractivity contribution in [2.24, 2.45) is 0 Å². The molecule has 0 bridgehead atoms. The average molecular weight is 391 g/mol. The van der Waals surface area contributed by atoms with E-state index in [1.807, 2.05) is 31.2 Å². The van der Waals surface area contributed by atoms with Gasteiger partial charge in [0.1, 0.15) is 16.9 Å². The molecule has 4 rings (SSSR count). The first kappa shape index (κ1) is 18.3. The minimum Gasteiger partial charge on any atom is -0.478 e. The molecule has 0 fully saturated rings. The molecule has 0 radical (unpaired) electrons. The second-order valence-corrected chi connectivity index (χ2v) is 6.89. The van der Waals surface area contributed by atoms with Gasteiger partial charge in [-0.15, -0.1) is 0 Å². The molecule has 29 heavy (non-hydrogen) atoms. The van der Waals surface area contributed by atoms with Crippen molar-refractivity contribution in [1.82, 2.24) is 9.97 Å². The van der Waals surface area contributed by atoms with Crippen LogP contribution in [0.4, 0.5) is 5.82 Å². The molecule has 0 unspecified atom stereocenters. The van der Waals surface area contributed by atoms with Crippen LogP contribution in [-0.4, -0.2) is 32.1 Å². The molecule has 6 N–H and O–H groups in total. The molecule has 8 nitrogen and oxygen atoms in total. The lowest BCUT2D eigenvalue weighted by Gasteiger charge is -2.16. The molecule has 0 spiro atoms. The van der Waals surface area contributed by atoms with Crippen LogP contribution in [0.25, 0.3) is 32.9 Å². The number of carboxylic acid groups (broad SMARTS) is 2. The zero-order chi connectivity index (χ0) is 21.0. The fourth-order valence-corrected chi connectivity index (χ4v) is 3.93. The monoisotopic (exact) mass is 391 g/mol. The Kier molecular flexibility index (Phi) is 3.93. The van der Waals surface area contributed by atoms with Gasteiger partial charge in [-0.25, -0.2) is 9.59 Å². The Morgan fingerprint density at radius 2 is 1.66 bits per heavy atom. The molecule has 0 aliphatic carbocycles. The van der Waals surface area contributed by atoms with E-state index in [9.17, 15) is 24.6 Å². The molecule has 2 aromatic heterocycles. The lowest BCUT2D eigenvalue weighted by Crippen LogP contribution is -2.24. The molecule has 0 saturated carbocycles. The maximum absolute atomic E-state index is 12.4. The standard InChI is InChI=1S/C21H17N3O5/c1-8-7-11(9(2)13-10-5-3-4-6-12(10)23-17(8)13)14-15(20(26)27)18(22)24-19(25)16(14)21(28)29/h3-7,23H,1-2H3,(H,26,27)(H,28,29)(H3,22,24,25). The summed E-state index contributed by atoms with van der Waals surface area (Å²) in [6, 6.07) is 9.30. The number of carbonyl (C=O) groups is 2. The zero-order valence-corrected chi connectivity index (χ0v) is 15.6. The van der Waals surface area contributed by atoms with Crippen LogP contribution in [0.2, 0.25) is 0 Å². The van der Waals surface area contributed by atoms with Gasteiger partial charge in [-0.2, -0.15) is 0 Å². The first-order chi connectivity index (χ1) is 13.7. The van der Waals surface area contributed by atoms with Crippen LogP contribution in [0.3, 0.4) is 0 Å². The van der Waals surface area contributed by atoms with Gasteiger partial charge < -0.3 is 25.9 Å². The number of benzene rings is 2. The summed E-state index contributed by atoms with van der Waals surface area (Å²) in [7, 11) is 0. The molecule has 2 aromatic carbocycles. The van der Waals surface area contributed by atoms with Crippen molar-refractivity contribution in [1.29, 1.82) is 0 Å². The molecule has 0 atom stereocenters. The summed E-state index contributed by atoms with van der Waals surface area (Å²) < 4.78 is 0. The number of carboxylic acids is 2. The first-order valence-electron chi connectivity index (χ1n) is 8.75. The molecule has 146 valence electrons. The Morgan fingerprint density at radius 3 is 2.31 bits per heavy atom. The summed E-state index contributed by atoms with van der Waals surface area (Å²) in [4.78, 5) is 41.6. The Labute approximate surface area is 163 Å². The highest BCUT2D eigenvalue weighted by molar-refractivity contribution is 6.14. The first-order valence-corrected chi connectivity index (χ1v) is 8.75. The molecular weight excluding hydrogens is 374 g/mol. The van der Waals surface area contributed by atoms with Crippen molar-refractivity contribution in [3.05, 3.63) is 62.9 Å². The molecule has 0 aliphatic rings. The van der Waals surface area contributed by atoms with Crippen LogP contribution < -0.4 is 11.3 Å².